The summed E-state index contributed by atoms with van der Waals surface area (Å²) in [5, 5.41) is 12.9. The minimum atomic E-state index is -0.319. The maximum absolute atomic E-state index is 12.2. The van der Waals surface area contributed by atoms with Gasteiger partial charge < -0.3 is 15.2 Å². The highest BCUT2D eigenvalue weighted by Gasteiger charge is 2.21. The average molecular weight is 323 g/mol. The second-order valence-electron chi connectivity index (χ2n) is 5.50. The zero-order valence-corrected chi connectivity index (χ0v) is 14.1. The topological polar surface area (TPSA) is 84.3 Å². The summed E-state index contributed by atoms with van der Waals surface area (Å²) in [4.78, 5) is 22.3. The van der Waals surface area contributed by atoms with Gasteiger partial charge in [-0.15, -0.1) is 11.3 Å². The second-order valence-corrected chi connectivity index (χ2v) is 6.50. The van der Waals surface area contributed by atoms with Gasteiger partial charge in [-0.05, 0) is 25.3 Å². The first-order valence-electron chi connectivity index (χ1n) is 7.23. The van der Waals surface area contributed by atoms with Gasteiger partial charge in [0.05, 0.1) is 18.6 Å². The molecule has 22 heavy (non-hydrogen) atoms. The molecule has 2 aromatic rings. The quantitative estimate of drug-likeness (QED) is 0.795. The van der Waals surface area contributed by atoms with Crippen molar-refractivity contribution in [3.8, 4) is 0 Å². The zero-order valence-electron chi connectivity index (χ0n) is 13.3. The molecule has 0 radical (unpaired) electrons. The maximum atomic E-state index is 12.2. The van der Waals surface area contributed by atoms with Gasteiger partial charge in [0.15, 0.2) is 0 Å². The van der Waals surface area contributed by atoms with Crippen LogP contribution in [0, 0.1) is 19.8 Å². The SMILES string of the molecule is Cc1nc(NCCO)c2c(C)c(C(=O)OCC(C)C)sc2n1. The maximum Gasteiger partial charge on any atom is 0.348 e. The molecule has 0 bridgehead atoms. The molecule has 0 aliphatic rings. The molecule has 6 nitrogen and oxygen atoms in total. The highest BCUT2D eigenvalue weighted by molar-refractivity contribution is 7.20. The Hall–Kier alpha value is -1.73. The third-order valence-corrected chi connectivity index (χ3v) is 4.21. The van der Waals surface area contributed by atoms with E-state index in [-0.39, 0.29) is 12.6 Å². The summed E-state index contributed by atoms with van der Waals surface area (Å²) >= 11 is 1.32. The van der Waals surface area contributed by atoms with Crippen molar-refractivity contribution in [3.63, 3.8) is 0 Å². The standard InChI is InChI=1S/C15H21N3O3S/c1-8(2)7-21-15(20)12-9(3)11-13(16-5-6-19)17-10(4)18-14(11)22-12/h8,19H,5-7H2,1-4H3,(H,16,17,18). The number of nitrogens with zero attached hydrogens (tertiary/aromatic N) is 2. The van der Waals surface area contributed by atoms with Crippen LogP contribution in [0.15, 0.2) is 0 Å². The summed E-state index contributed by atoms with van der Waals surface area (Å²) in [6.07, 6.45) is 0. The fraction of sp³-hybridized carbons (Fsp3) is 0.533. The molecule has 0 aliphatic carbocycles. The van der Waals surface area contributed by atoms with Gasteiger partial charge in [-0.1, -0.05) is 13.8 Å². The lowest BCUT2D eigenvalue weighted by atomic mass is 10.2. The van der Waals surface area contributed by atoms with Crippen LogP contribution in [-0.4, -0.2) is 40.8 Å². The molecule has 0 fully saturated rings. The largest absolute Gasteiger partial charge is 0.461 e. The lowest BCUT2D eigenvalue weighted by molar-refractivity contribution is 0.0464. The van der Waals surface area contributed by atoms with E-state index in [1.165, 1.54) is 11.3 Å². The van der Waals surface area contributed by atoms with Gasteiger partial charge in [-0.2, -0.15) is 0 Å². The molecule has 0 unspecified atom stereocenters. The summed E-state index contributed by atoms with van der Waals surface area (Å²) in [7, 11) is 0. The van der Waals surface area contributed by atoms with Crippen molar-refractivity contribution in [2.75, 3.05) is 25.1 Å². The molecule has 7 heteroatoms. The number of anilines is 1. The Balaban J connectivity index is 2.41. The summed E-state index contributed by atoms with van der Waals surface area (Å²) in [5.41, 5.74) is 0.814. The Morgan fingerprint density at radius 1 is 1.36 bits per heavy atom. The molecule has 120 valence electrons. The van der Waals surface area contributed by atoms with Crippen LogP contribution in [0.25, 0.3) is 10.2 Å². The summed E-state index contributed by atoms with van der Waals surface area (Å²) < 4.78 is 5.31. The number of aromatic nitrogens is 2. The van der Waals surface area contributed by atoms with E-state index in [4.69, 9.17) is 9.84 Å². The van der Waals surface area contributed by atoms with Crippen molar-refractivity contribution in [1.29, 1.82) is 0 Å². The number of ether oxygens (including phenoxy) is 1. The van der Waals surface area contributed by atoms with E-state index in [9.17, 15) is 4.79 Å². The second kappa shape index (κ2) is 7.02. The van der Waals surface area contributed by atoms with E-state index < -0.39 is 0 Å². The molecule has 2 aromatic heterocycles. The lowest BCUT2D eigenvalue weighted by Crippen LogP contribution is -2.10. The zero-order chi connectivity index (χ0) is 16.3. The molecule has 2 N–H and O–H groups in total. The van der Waals surface area contributed by atoms with Crippen molar-refractivity contribution in [3.05, 3.63) is 16.3 Å². The third kappa shape index (κ3) is 3.53. The Morgan fingerprint density at radius 3 is 2.73 bits per heavy atom. The normalized spacial score (nSPS) is 11.2. The average Bonchev–Trinajstić information content (AvgIpc) is 2.79. The first-order chi connectivity index (χ1) is 10.4. The molecule has 0 amide bonds. The van der Waals surface area contributed by atoms with E-state index in [1.54, 1.807) is 6.92 Å². The van der Waals surface area contributed by atoms with E-state index in [0.717, 1.165) is 15.8 Å². The highest BCUT2D eigenvalue weighted by atomic mass is 32.1. The van der Waals surface area contributed by atoms with E-state index >= 15 is 0 Å². The first kappa shape index (κ1) is 16.6. The number of aliphatic hydroxyl groups excluding tert-OH is 1. The summed E-state index contributed by atoms with van der Waals surface area (Å²) in [5.74, 6) is 1.24. The number of rotatable bonds is 6. The predicted octanol–water partition coefficient (Wildman–Crippen LogP) is 2.53. The fourth-order valence-corrected chi connectivity index (χ4v) is 3.17. The summed E-state index contributed by atoms with van der Waals surface area (Å²) in [6.45, 7) is 8.47. The monoisotopic (exact) mass is 323 g/mol. The number of hydrogen-bond donors (Lipinski definition) is 2. The number of carbonyl (C=O) groups excluding carboxylic acids is 1. The lowest BCUT2D eigenvalue weighted by Gasteiger charge is -2.07. The van der Waals surface area contributed by atoms with Crippen molar-refractivity contribution >= 4 is 33.3 Å². The number of nitrogens with one attached hydrogen (secondary N) is 1. The Labute approximate surface area is 133 Å². The first-order valence-corrected chi connectivity index (χ1v) is 8.05. The van der Waals surface area contributed by atoms with Gasteiger partial charge in [-0.3, -0.25) is 0 Å². The van der Waals surface area contributed by atoms with Gasteiger partial charge in [0.1, 0.15) is 21.3 Å². The molecule has 0 atom stereocenters. The van der Waals surface area contributed by atoms with Crippen LogP contribution in [0.3, 0.4) is 0 Å². The molecule has 2 rings (SSSR count). The smallest absolute Gasteiger partial charge is 0.348 e. The van der Waals surface area contributed by atoms with Crippen LogP contribution in [0.1, 0.15) is 34.9 Å². The minimum absolute atomic E-state index is 0.0109. The van der Waals surface area contributed by atoms with Crippen molar-refractivity contribution in [1.82, 2.24) is 9.97 Å². The number of thiophene rings is 1. The number of aryl methyl sites for hydroxylation is 2. The van der Waals surface area contributed by atoms with E-state index in [1.807, 2.05) is 20.8 Å². The van der Waals surface area contributed by atoms with E-state index in [2.05, 4.69) is 15.3 Å². The van der Waals surface area contributed by atoms with Crippen LogP contribution in [0.2, 0.25) is 0 Å². The number of hydrogen-bond acceptors (Lipinski definition) is 7. The number of fused-ring (bicyclic) bond motifs is 1. The van der Waals surface area contributed by atoms with Crippen LogP contribution in [-0.2, 0) is 4.74 Å². The van der Waals surface area contributed by atoms with Gasteiger partial charge in [-0.25, -0.2) is 14.8 Å². The van der Waals surface area contributed by atoms with Crippen LogP contribution < -0.4 is 5.32 Å². The Morgan fingerprint density at radius 2 is 2.09 bits per heavy atom. The molecule has 0 aliphatic heterocycles. The molecule has 0 saturated heterocycles. The molecule has 2 heterocycles. The van der Waals surface area contributed by atoms with Crippen molar-refractivity contribution in [2.45, 2.75) is 27.7 Å². The van der Waals surface area contributed by atoms with E-state index in [0.29, 0.717) is 35.6 Å². The van der Waals surface area contributed by atoms with Crippen LogP contribution in [0.4, 0.5) is 5.82 Å². The predicted molar refractivity (Wildman–Crippen MR) is 87.6 cm³/mol. The highest BCUT2D eigenvalue weighted by Crippen LogP contribution is 2.34. The number of carbonyl (C=O) groups is 1. The molecular weight excluding hydrogens is 302 g/mol. The molecule has 0 saturated carbocycles. The van der Waals surface area contributed by atoms with Crippen LogP contribution in [0.5, 0.6) is 0 Å². The number of esters is 1. The van der Waals surface area contributed by atoms with Crippen molar-refractivity contribution in [2.24, 2.45) is 5.92 Å². The molecule has 0 aromatic carbocycles. The molecular formula is C15H21N3O3S. The van der Waals surface area contributed by atoms with Gasteiger partial charge >= 0.3 is 5.97 Å². The minimum Gasteiger partial charge on any atom is -0.461 e. The Bertz CT molecular complexity index is 682. The molecule has 0 spiro atoms. The number of aliphatic hydroxyl groups is 1. The fourth-order valence-electron chi connectivity index (χ4n) is 2.05. The Kier molecular flexibility index (Phi) is 5.31. The van der Waals surface area contributed by atoms with Gasteiger partial charge in [0.25, 0.3) is 0 Å². The third-order valence-electron chi connectivity index (χ3n) is 3.04. The van der Waals surface area contributed by atoms with Crippen LogP contribution >= 0.6 is 11.3 Å². The summed E-state index contributed by atoms with van der Waals surface area (Å²) in [6, 6.07) is 0. The van der Waals surface area contributed by atoms with Gasteiger partial charge in [0, 0.05) is 6.54 Å². The van der Waals surface area contributed by atoms with Crippen molar-refractivity contribution < 1.29 is 14.6 Å². The van der Waals surface area contributed by atoms with Gasteiger partial charge in [0.2, 0.25) is 0 Å².